The Balaban J connectivity index is 2.21. The van der Waals surface area contributed by atoms with Gasteiger partial charge in [-0.05, 0) is 6.07 Å². The third-order valence-corrected chi connectivity index (χ3v) is 3.20. The summed E-state index contributed by atoms with van der Waals surface area (Å²) in [5.41, 5.74) is 0.863. The molecule has 1 aromatic carbocycles. The van der Waals surface area contributed by atoms with Crippen LogP contribution in [-0.4, -0.2) is 17.3 Å². The Morgan fingerprint density at radius 3 is 2.32 bits per heavy atom. The lowest BCUT2D eigenvalue weighted by atomic mass is 9.88. The number of carbonyl (C=O) groups is 3. The van der Waals surface area contributed by atoms with Crippen LogP contribution in [0.5, 0.6) is 0 Å². The van der Waals surface area contributed by atoms with Crippen LogP contribution < -0.4 is 0 Å². The van der Waals surface area contributed by atoms with Gasteiger partial charge < -0.3 is 4.42 Å². The Bertz CT molecular complexity index is 669. The molecule has 1 aliphatic carbocycles. The smallest absolute Gasteiger partial charge is 0.229 e. The van der Waals surface area contributed by atoms with Crippen LogP contribution in [0.3, 0.4) is 0 Å². The van der Waals surface area contributed by atoms with Crippen molar-refractivity contribution in [2.75, 3.05) is 0 Å². The average Bonchev–Trinajstić information content (AvgIpc) is 2.89. The van der Waals surface area contributed by atoms with Crippen molar-refractivity contribution in [3.05, 3.63) is 58.5 Å². The summed E-state index contributed by atoms with van der Waals surface area (Å²) < 4.78 is 5.28. The number of hydrogen-bond acceptors (Lipinski definition) is 4. The summed E-state index contributed by atoms with van der Waals surface area (Å²) in [5.74, 6) is -0.800. The molecule has 4 heteroatoms. The molecule has 0 saturated heterocycles. The number of carbonyl (C=O) groups excluding carboxylic acids is 3. The molecular weight excluding hydrogens is 244 g/mol. The average molecular weight is 254 g/mol. The van der Waals surface area contributed by atoms with Gasteiger partial charge in [0.2, 0.25) is 5.78 Å². The molecule has 0 atom stereocenters. The minimum absolute atomic E-state index is 0.0273. The Kier molecular flexibility index (Phi) is 2.45. The van der Waals surface area contributed by atoms with E-state index in [1.54, 1.807) is 31.2 Å². The number of furan rings is 1. The highest BCUT2D eigenvalue weighted by molar-refractivity contribution is 6.27. The predicted molar refractivity (Wildman–Crippen MR) is 66.6 cm³/mol. The van der Waals surface area contributed by atoms with Crippen LogP contribution in [0.1, 0.15) is 55.9 Å². The normalized spacial score (nSPS) is 13.1. The topological polar surface area (TPSA) is 64.3 Å². The second kappa shape index (κ2) is 4.02. The zero-order valence-electron chi connectivity index (χ0n) is 10.2. The lowest BCUT2D eigenvalue weighted by molar-refractivity contribution is 0.0937. The highest BCUT2D eigenvalue weighted by atomic mass is 16.4. The molecule has 0 N–H and O–H groups in total. The van der Waals surface area contributed by atoms with E-state index in [0.29, 0.717) is 11.1 Å². The molecule has 19 heavy (non-hydrogen) atoms. The maximum Gasteiger partial charge on any atom is 0.229 e. The largest absolute Gasteiger partial charge is 0.449 e. The maximum absolute atomic E-state index is 12.3. The monoisotopic (exact) mass is 254 g/mol. The lowest BCUT2D eigenvalue weighted by Gasteiger charge is -2.11. The minimum Gasteiger partial charge on any atom is -0.449 e. The standard InChI is InChI=1S/C15H10O4/c1-2-11(16)12-7-10-13(17)8-5-3-4-6-9(8)14(18)15(10)19-12/h3-7H,2H2,1H3. The van der Waals surface area contributed by atoms with Gasteiger partial charge in [0.15, 0.2) is 23.1 Å². The summed E-state index contributed by atoms with van der Waals surface area (Å²) >= 11 is 0. The van der Waals surface area contributed by atoms with Crippen molar-refractivity contribution in [2.24, 2.45) is 0 Å². The van der Waals surface area contributed by atoms with Gasteiger partial charge in [-0.3, -0.25) is 14.4 Å². The Hall–Kier alpha value is -2.49. The lowest BCUT2D eigenvalue weighted by Crippen LogP contribution is -2.18. The number of hydrogen-bond donors (Lipinski definition) is 0. The molecule has 0 unspecified atom stereocenters. The number of rotatable bonds is 2. The highest BCUT2D eigenvalue weighted by Crippen LogP contribution is 2.29. The number of Topliss-reactive ketones (excluding diaryl/α,β-unsaturated/α-hetero) is 1. The van der Waals surface area contributed by atoms with Gasteiger partial charge in [-0.1, -0.05) is 31.2 Å². The predicted octanol–water partition coefficient (Wildman–Crippen LogP) is 2.65. The van der Waals surface area contributed by atoms with E-state index in [1.807, 2.05) is 0 Å². The summed E-state index contributed by atoms with van der Waals surface area (Å²) in [5, 5.41) is 0. The zero-order chi connectivity index (χ0) is 13.6. The van der Waals surface area contributed by atoms with Crippen molar-refractivity contribution >= 4 is 17.3 Å². The fraction of sp³-hybridized carbons (Fsp3) is 0.133. The van der Waals surface area contributed by atoms with Gasteiger partial charge in [-0.15, -0.1) is 0 Å². The Labute approximate surface area is 109 Å². The van der Waals surface area contributed by atoms with Crippen LogP contribution in [0, 0.1) is 0 Å². The molecule has 0 radical (unpaired) electrons. The summed E-state index contributed by atoms with van der Waals surface area (Å²) in [7, 11) is 0. The fourth-order valence-electron chi connectivity index (χ4n) is 2.19. The first-order chi connectivity index (χ1) is 9.13. The molecule has 0 aliphatic heterocycles. The first-order valence-corrected chi connectivity index (χ1v) is 5.99. The fourth-order valence-corrected chi connectivity index (χ4v) is 2.19. The molecule has 0 fully saturated rings. The maximum atomic E-state index is 12.3. The molecule has 1 aliphatic rings. The molecule has 94 valence electrons. The number of ketones is 3. The van der Waals surface area contributed by atoms with Crippen LogP contribution in [0.25, 0.3) is 0 Å². The molecule has 1 aromatic heterocycles. The van der Waals surface area contributed by atoms with Crippen LogP contribution in [-0.2, 0) is 0 Å². The minimum atomic E-state index is -0.347. The van der Waals surface area contributed by atoms with E-state index in [1.165, 1.54) is 6.07 Å². The van der Waals surface area contributed by atoms with Gasteiger partial charge in [0, 0.05) is 17.5 Å². The van der Waals surface area contributed by atoms with E-state index in [9.17, 15) is 14.4 Å². The molecule has 4 nitrogen and oxygen atoms in total. The SMILES string of the molecule is CCC(=O)c1cc2c(o1)C(=O)c1ccccc1C2=O. The van der Waals surface area contributed by atoms with Gasteiger partial charge in [-0.25, -0.2) is 0 Å². The third kappa shape index (κ3) is 1.57. The zero-order valence-corrected chi connectivity index (χ0v) is 10.2. The molecule has 0 amide bonds. The van der Waals surface area contributed by atoms with Gasteiger partial charge in [-0.2, -0.15) is 0 Å². The second-order valence-electron chi connectivity index (χ2n) is 4.33. The summed E-state index contributed by atoms with van der Waals surface area (Å²) in [4.78, 5) is 36.1. The van der Waals surface area contributed by atoms with Crippen molar-refractivity contribution < 1.29 is 18.8 Å². The van der Waals surface area contributed by atoms with Crippen molar-refractivity contribution in [2.45, 2.75) is 13.3 Å². The first-order valence-electron chi connectivity index (χ1n) is 5.99. The summed E-state index contributed by atoms with van der Waals surface area (Å²) in [6.07, 6.45) is 0.266. The Morgan fingerprint density at radius 2 is 1.68 bits per heavy atom. The molecule has 1 heterocycles. The molecule has 0 bridgehead atoms. The first kappa shape index (κ1) is 11.6. The quantitative estimate of drug-likeness (QED) is 0.659. The highest BCUT2D eigenvalue weighted by Gasteiger charge is 2.34. The molecular formula is C15H10O4. The van der Waals surface area contributed by atoms with E-state index in [0.717, 1.165) is 0 Å². The van der Waals surface area contributed by atoms with Crippen LogP contribution in [0.4, 0.5) is 0 Å². The number of fused-ring (bicyclic) bond motifs is 2. The van der Waals surface area contributed by atoms with Crippen molar-refractivity contribution in [3.8, 4) is 0 Å². The van der Waals surface area contributed by atoms with Crippen LogP contribution in [0.2, 0.25) is 0 Å². The third-order valence-electron chi connectivity index (χ3n) is 3.20. The number of benzene rings is 1. The van der Waals surface area contributed by atoms with Crippen LogP contribution >= 0.6 is 0 Å². The summed E-state index contributed by atoms with van der Waals surface area (Å²) in [6, 6.07) is 7.95. The van der Waals surface area contributed by atoms with Gasteiger partial charge >= 0.3 is 0 Å². The van der Waals surface area contributed by atoms with E-state index in [2.05, 4.69) is 0 Å². The molecule has 2 aromatic rings. The van der Waals surface area contributed by atoms with Crippen molar-refractivity contribution in [3.63, 3.8) is 0 Å². The molecule has 0 saturated carbocycles. The van der Waals surface area contributed by atoms with E-state index in [-0.39, 0.29) is 40.9 Å². The second-order valence-corrected chi connectivity index (χ2v) is 4.33. The molecule has 0 spiro atoms. The van der Waals surface area contributed by atoms with E-state index >= 15 is 0 Å². The van der Waals surface area contributed by atoms with Gasteiger partial charge in [0.25, 0.3) is 0 Å². The van der Waals surface area contributed by atoms with E-state index < -0.39 is 0 Å². The van der Waals surface area contributed by atoms with Crippen LogP contribution in [0.15, 0.2) is 34.7 Å². The summed E-state index contributed by atoms with van der Waals surface area (Å²) in [6.45, 7) is 1.70. The van der Waals surface area contributed by atoms with Crippen molar-refractivity contribution in [1.82, 2.24) is 0 Å². The van der Waals surface area contributed by atoms with Crippen molar-refractivity contribution in [1.29, 1.82) is 0 Å². The van der Waals surface area contributed by atoms with Gasteiger partial charge in [0.05, 0.1) is 5.56 Å². The van der Waals surface area contributed by atoms with E-state index in [4.69, 9.17) is 4.42 Å². The van der Waals surface area contributed by atoms with Gasteiger partial charge in [0.1, 0.15) is 0 Å². The molecule has 3 rings (SSSR count). The Morgan fingerprint density at radius 1 is 1.05 bits per heavy atom.